The van der Waals surface area contributed by atoms with Crippen LogP contribution in [0.5, 0.6) is 0 Å². The Morgan fingerprint density at radius 3 is 1.77 bits per heavy atom. The minimum Gasteiger partial charge on any atom is -0.345 e. The van der Waals surface area contributed by atoms with Crippen LogP contribution in [0.3, 0.4) is 0 Å². The normalized spacial score (nSPS) is 16.6. The summed E-state index contributed by atoms with van der Waals surface area (Å²) >= 11 is 0. The van der Waals surface area contributed by atoms with Crippen molar-refractivity contribution in [1.82, 2.24) is 9.80 Å². The van der Waals surface area contributed by atoms with Gasteiger partial charge in [-0.1, -0.05) is 13.8 Å². The standard InChI is InChI=1S/C10H24N2O/c1-7-12(8-2)10(4)13-9(3)11(5)6/h9-10H,7-8H2,1-6H3. The summed E-state index contributed by atoms with van der Waals surface area (Å²) in [6.45, 7) is 10.6. The van der Waals surface area contributed by atoms with Crippen LogP contribution >= 0.6 is 0 Å². The molecule has 13 heavy (non-hydrogen) atoms. The Kier molecular flexibility index (Phi) is 6.29. The van der Waals surface area contributed by atoms with E-state index in [0.29, 0.717) is 0 Å². The molecule has 0 aliphatic carbocycles. The third-order valence-electron chi connectivity index (χ3n) is 2.45. The van der Waals surface area contributed by atoms with Crippen LogP contribution in [0.15, 0.2) is 0 Å². The average molecular weight is 188 g/mol. The maximum absolute atomic E-state index is 5.81. The zero-order valence-corrected chi connectivity index (χ0v) is 9.87. The summed E-state index contributed by atoms with van der Waals surface area (Å²) in [4.78, 5) is 4.36. The molecule has 0 aliphatic rings. The monoisotopic (exact) mass is 188 g/mol. The van der Waals surface area contributed by atoms with Gasteiger partial charge in [0.2, 0.25) is 0 Å². The van der Waals surface area contributed by atoms with Gasteiger partial charge in [0.15, 0.2) is 0 Å². The predicted molar refractivity (Wildman–Crippen MR) is 56.6 cm³/mol. The van der Waals surface area contributed by atoms with Gasteiger partial charge >= 0.3 is 0 Å². The maximum atomic E-state index is 5.81. The Balaban J connectivity index is 3.89. The molecule has 0 saturated carbocycles. The molecule has 0 heterocycles. The van der Waals surface area contributed by atoms with Crippen LogP contribution in [0.2, 0.25) is 0 Å². The molecule has 0 rings (SSSR count). The van der Waals surface area contributed by atoms with Crippen LogP contribution < -0.4 is 0 Å². The Hall–Kier alpha value is -0.120. The first-order valence-corrected chi connectivity index (χ1v) is 5.08. The zero-order chi connectivity index (χ0) is 10.4. The Morgan fingerprint density at radius 1 is 1.00 bits per heavy atom. The third kappa shape index (κ3) is 4.60. The lowest BCUT2D eigenvalue weighted by molar-refractivity contribution is -0.124. The molecule has 0 amide bonds. The highest BCUT2D eigenvalue weighted by atomic mass is 16.5. The quantitative estimate of drug-likeness (QED) is 0.589. The van der Waals surface area contributed by atoms with Crippen LogP contribution in [0.25, 0.3) is 0 Å². The van der Waals surface area contributed by atoms with Crippen molar-refractivity contribution in [1.29, 1.82) is 0 Å². The van der Waals surface area contributed by atoms with E-state index < -0.39 is 0 Å². The van der Waals surface area contributed by atoms with Gasteiger partial charge < -0.3 is 4.74 Å². The lowest BCUT2D eigenvalue weighted by atomic mass is 10.4. The van der Waals surface area contributed by atoms with Gasteiger partial charge in [-0.3, -0.25) is 9.80 Å². The summed E-state index contributed by atoms with van der Waals surface area (Å²) in [7, 11) is 4.05. The smallest absolute Gasteiger partial charge is 0.109 e. The van der Waals surface area contributed by atoms with Gasteiger partial charge in [0.25, 0.3) is 0 Å². The molecule has 0 aliphatic heterocycles. The summed E-state index contributed by atoms with van der Waals surface area (Å²) in [6.07, 6.45) is 0.378. The molecule has 0 aromatic carbocycles. The van der Waals surface area contributed by atoms with Crippen molar-refractivity contribution in [2.24, 2.45) is 0 Å². The van der Waals surface area contributed by atoms with E-state index in [1.54, 1.807) is 0 Å². The second-order valence-electron chi connectivity index (χ2n) is 3.52. The number of hydrogen-bond donors (Lipinski definition) is 0. The molecule has 0 aromatic rings. The lowest BCUT2D eigenvalue weighted by Crippen LogP contribution is -2.40. The van der Waals surface area contributed by atoms with Crippen molar-refractivity contribution in [2.75, 3.05) is 27.2 Å². The fourth-order valence-corrected chi connectivity index (χ4v) is 1.23. The fraction of sp³-hybridized carbons (Fsp3) is 1.00. The second kappa shape index (κ2) is 6.35. The summed E-state index contributed by atoms with van der Waals surface area (Å²) in [6, 6.07) is 0. The minimum atomic E-state index is 0.176. The molecule has 0 fully saturated rings. The molecular weight excluding hydrogens is 164 g/mol. The molecule has 0 N–H and O–H groups in total. The van der Waals surface area contributed by atoms with Crippen molar-refractivity contribution in [3.05, 3.63) is 0 Å². The van der Waals surface area contributed by atoms with Gasteiger partial charge in [0.05, 0.1) is 0 Å². The van der Waals surface area contributed by atoms with Crippen LogP contribution in [0.1, 0.15) is 27.7 Å². The van der Waals surface area contributed by atoms with E-state index in [0.717, 1.165) is 13.1 Å². The van der Waals surface area contributed by atoms with Crippen LogP contribution in [0, 0.1) is 0 Å². The van der Waals surface area contributed by atoms with E-state index in [2.05, 4.69) is 37.5 Å². The number of nitrogens with zero attached hydrogens (tertiary/aromatic N) is 2. The van der Waals surface area contributed by atoms with Crippen molar-refractivity contribution in [2.45, 2.75) is 40.2 Å². The highest BCUT2D eigenvalue weighted by Gasteiger charge is 2.14. The third-order valence-corrected chi connectivity index (χ3v) is 2.45. The Morgan fingerprint density at radius 2 is 1.46 bits per heavy atom. The number of rotatable bonds is 6. The first kappa shape index (κ1) is 12.9. The highest BCUT2D eigenvalue weighted by Crippen LogP contribution is 2.05. The van der Waals surface area contributed by atoms with E-state index in [4.69, 9.17) is 4.74 Å². The predicted octanol–water partition coefficient (Wildman–Crippen LogP) is 1.60. The molecular formula is C10H24N2O. The molecule has 0 saturated heterocycles. The molecule has 80 valence electrons. The molecule has 2 atom stereocenters. The molecule has 0 radical (unpaired) electrons. The number of ether oxygens (including phenoxy) is 1. The molecule has 0 bridgehead atoms. The highest BCUT2D eigenvalue weighted by molar-refractivity contribution is 4.56. The zero-order valence-electron chi connectivity index (χ0n) is 9.87. The molecule has 0 aromatic heterocycles. The van der Waals surface area contributed by atoms with Crippen molar-refractivity contribution < 1.29 is 4.74 Å². The number of hydrogen-bond acceptors (Lipinski definition) is 3. The van der Waals surface area contributed by atoms with E-state index >= 15 is 0 Å². The first-order valence-electron chi connectivity index (χ1n) is 5.08. The topological polar surface area (TPSA) is 15.7 Å². The average Bonchev–Trinajstić information content (AvgIpc) is 2.06. The van der Waals surface area contributed by atoms with E-state index in [1.807, 2.05) is 14.1 Å². The SMILES string of the molecule is CCN(CC)C(C)OC(C)N(C)C. The Bertz CT molecular complexity index is 124. The van der Waals surface area contributed by atoms with Gasteiger partial charge in [-0.05, 0) is 41.0 Å². The largest absolute Gasteiger partial charge is 0.345 e. The van der Waals surface area contributed by atoms with Crippen LogP contribution in [-0.4, -0.2) is 49.4 Å². The first-order chi connectivity index (χ1) is 6.02. The van der Waals surface area contributed by atoms with Crippen molar-refractivity contribution >= 4 is 0 Å². The fourth-order valence-electron chi connectivity index (χ4n) is 1.23. The van der Waals surface area contributed by atoms with Gasteiger partial charge in [0, 0.05) is 0 Å². The van der Waals surface area contributed by atoms with Gasteiger partial charge in [-0.2, -0.15) is 0 Å². The minimum absolute atomic E-state index is 0.176. The van der Waals surface area contributed by atoms with Crippen molar-refractivity contribution in [3.63, 3.8) is 0 Å². The summed E-state index contributed by atoms with van der Waals surface area (Å²) in [5.74, 6) is 0. The molecule has 0 spiro atoms. The lowest BCUT2D eigenvalue weighted by Gasteiger charge is -2.31. The van der Waals surface area contributed by atoms with Crippen LogP contribution in [-0.2, 0) is 4.74 Å². The summed E-state index contributed by atoms with van der Waals surface area (Å²) < 4.78 is 5.81. The second-order valence-corrected chi connectivity index (χ2v) is 3.52. The van der Waals surface area contributed by atoms with Crippen molar-refractivity contribution in [3.8, 4) is 0 Å². The van der Waals surface area contributed by atoms with E-state index in [-0.39, 0.29) is 12.5 Å². The van der Waals surface area contributed by atoms with Gasteiger partial charge in [-0.25, -0.2) is 0 Å². The van der Waals surface area contributed by atoms with E-state index in [1.165, 1.54) is 0 Å². The molecule has 3 nitrogen and oxygen atoms in total. The maximum Gasteiger partial charge on any atom is 0.109 e. The summed E-state index contributed by atoms with van der Waals surface area (Å²) in [5, 5.41) is 0. The molecule has 2 unspecified atom stereocenters. The van der Waals surface area contributed by atoms with Gasteiger partial charge in [0.1, 0.15) is 12.5 Å². The summed E-state index contributed by atoms with van der Waals surface area (Å²) in [5.41, 5.74) is 0. The van der Waals surface area contributed by atoms with Crippen LogP contribution in [0.4, 0.5) is 0 Å². The van der Waals surface area contributed by atoms with E-state index in [9.17, 15) is 0 Å². The van der Waals surface area contributed by atoms with Gasteiger partial charge in [-0.15, -0.1) is 0 Å². The Labute approximate surface area is 82.7 Å². The molecule has 3 heteroatoms.